The van der Waals surface area contributed by atoms with E-state index in [1.807, 2.05) is 13.8 Å². The zero-order valence-electron chi connectivity index (χ0n) is 10.1. The molecule has 2 atom stereocenters. The molecule has 0 radical (unpaired) electrons. The van der Waals surface area contributed by atoms with Crippen molar-refractivity contribution >= 4 is 17.7 Å². The largest absolute Gasteiger partial charge is 0.395 e. The first-order valence-electron chi connectivity index (χ1n) is 5.51. The number of amides is 1. The maximum absolute atomic E-state index is 11.6. The van der Waals surface area contributed by atoms with Crippen LogP contribution >= 0.6 is 11.8 Å². The van der Waals surface area contributed by atoms with Crippen LogP contribution in [0.25, 0.3) is 0 Å². The van der Waals surface area contributed by atoms with Crippen molar-refractivity contribution in [3.05, 3.63) is 0 Å². The summed E-state index contributed by atoms with van der Waals surface area (Å²) >= 11 is 1.50. The molecule has 90 valence electrons. The fraction of sp³-hybridized carbons (Fsp3) is 0.909. The van der Waals surface area contributed by atoms with Crippen molar-refractivity contribution in [2.75, 3.05) is 13.2 Å². The molecule has 0 fully saturated rings. The lowest BCUT2D eigenvalue weighted by atomic mass is 10.1. The van der Waals surface area contributed by atoms with Crippen LogP contribution < -0.4 is 5.32 Å². The molecule has 0 bridgehead atoms. The van der Waals surface area contributed by atoms with Gasteiger partial charge in [-0.2, -0.15) is 0 Å². The van der Waals surface area contributed by atoms with Gasteiger partial charge in [-0.3, -0.25) is 4.79 Å². The zero-order chi connectivity index (χ0) is 11.8. The molecule has 1 amide bonds. The average molecular weight is 233 g/mol. The van der Waals surface area contributed by atoms with Crippen LogP contribution in [0.1, 0.15) is 34.1 Å². The Hall–Kier alpha value is -0.220. The summed E-state index contributed by atoms with van der Waals surface area (Å²) in [5.74, 6) is 0.686. The topological polar surface area (TPSA) is 49.3 Å². The van der Waals surface area contributed by atoms with E-state index in [0.717, 1.165) is 13.0 Å². The van der Waals surface area contributed by atoms with Crippen molar-refractivity contribution in [2.24, 2.45) is 5.92 Å². The minimum Gasteiger partial charge on any atom is -0.395 e. The van der Waals surface area contributed by atoms with E-state index in [-0.39, 0.29) is 23.0 Å². The van der Waals surface area contributed by atoms with Gasteiger partial charge in [-0.15, -0.1) is 11.8 Å². The molecule has 0 aliphatic rings. The summed E-state index contributed by atoms with van der Waals surface area (Å²) < 4.78 is 0. The highest BCUT2D eigenvalue weighted by molar-refractivity contribution is 8.01. The highest BCUT2D eigenvalue weighted by Gasteiger charge is 2.15. The number of hydrogen-bond donors (Lipinski definition) is 2. The molecular formula is C11H23NO2S. The summed E-state index contributed by atoms with van der Waals surface area (Å²) in [5, 5.41) is 11.8. The first kappa shape index (κ1) is 14.8. The first-order valence-corrected chi connectivity index (χ1v) is 6.45. The number of rotatable bonds is 7. The van der Waals surface area contributed by atoms with Crippen molar-refractivity contribution in [1.82, 2.24) is 5.32 Å². The van der Waals surface area contributed by atoms with Crippen LogP contribution in [-0.4, -0.2) is 34.7 Å². The van der Waals surface area contributed by atoms with Gasteiger partial charge in [0.1, 0.15) is 0 Å². The van der Waals surface area contributed by atoms with Gasteiger partial charge in [-0.25, -0.2) is 0 Å². The fourth-order valence-corrected chi connectivity index (χ4v) is 2.07. The molecule has 0 heterocycles. The van der Waals surface area contributed by atoms with Crippen molar-refractivity contribution in [1.29, 1.82) is 0 Å². The van der Waals surface area contributed by atoms with Crippen molar-refractivity contribution in [3.8, 4) is 0 Å². The molecule has 0 aliphatic carbocycles. The SMILES string of the molecule is CC(C)CCNC(=O)C(C)SC(C)CO. The molecule has 0 spiro atoms. The molecule has 0 aliphatic heterocycles. The van der Waals surface area contributed by atoms with Gasteiger partial charge in [0.05, 0.1) is 11.9 Å². The zero-order valence-corrected chi connectivity index (χ0v) is 10.9. The number of carbonyl (C=O) groups is 1. The average Bonchev–Trinajstić information content (AvgIpc) is 2.16. The van der Waals surface area contributed by atoms with Crippen LogP contribution in [0.15, 0.2) is 0 Å². The second-order valence-electron chi connectivity index (χ2n) is 4.25. The van der Waals surface area contributed by atoms with Gasteiger partial charge >= 0.3 is 0 Å². The van der Waals surface area contributed by atoms with E-state index in [1.165, 1.54) is 11.8 Å². The maximum Gasteiger partial charge on any atom is 0.232 e. The lowest BCUT2D eigenvalue weighted by Crippen LogP contribution is -2.33. The normalized spacial score (nSPS) is 15.1. The Balaban J connectivity index is 3.69. The van der Waals surface area contributed by atoms with Crippen LogP contribution in [0.2, 0.25) is 0 Å². The summed E-state index contributed by atoms with van der Waals surface area (Å²) in [6.07, 6.45) is 1.01. The lowest BCUT2D eigenvalue weighted by Gasteiger charge is -2.15. The van der Waals surface area contributed by atoms with E-state index in [2.05, 4.69) is 19.2 Å². The number of aliphatic hydroxyl groups is 1. The van der Waals surface area contributed by atoms with Gasteiger partial charge in [0.15, 0.2) is 0 Å². The van der Waals surface area contributed by atoms with Crippen molar-refractivity contribution < 1.29 is 9.90 Å². The van der Waals surface area contributed by atoms with Crippen LogP contribution in [-0.2, 0) is 4.79 Å². The third-order valence-corrected chi connectivity index (χ3v) is 3.32. The molecule has 15 heavy (non-hydrogen) atoms. The van der Waals surface area contributed by atoms with E-state index >= 15 is 0 Å². The van der Waals surface area contributed by atoms with E-state index in [4.69, 9.17) is 5.11 Å². The predicted octanol–water partition coefficient (Wildman–Crippen LogP) is 1.65. The number of aliphatic hydroxyl groups excluding tert-OH is 1. The Morgan fingerprint density at radius 1 is 1.33 bits per heavy atom. The van der Waals surface area contributed by atoms with Crippen LogP contribution in [0, 0.1) is 5.92 Å². The molecule has 0 saturated carbocycles. The van der Waals surface area contributed by atoms with Crippen molar-refractivity contribution in [2.45, 2.75) is 44.6 Å². The van der Waals surface area contributed by atoms with Gasteiger partial charge in [-0.1, -0.05) is 20.8 Å². The lowest BCUT2D eigenvalue weighted by molar-refractivity contribution is -0.120. The summed E-state index contributed by atoms with van der Waals surface area (Å²) in [7, 11) is 0. The standard InChI is InChI=1S/C11H23NO2S/c1-8(2)5-6-12-11(14)10(4)15-9(3)7-13/h8-10,13H,5-7H2,1-4H3,(H,12,14). The number of thioether (sulfide) groups is 1. The summed E-state index contributed by atoms with van der Waals surface area (Å²) in [4.78, 5) is 11.6. The highest BCUT2D eigenvalue weighted by atomic mass is 32.2. The van der Waals surface area contributed by atoms with E-state index in [1.54, 1.807) is 0 Å². The predicted molar refractivity (Wildman–Crippen MR) is 66.1 cm³/mol. The van der Waals surface area contributed by atoms with Gasteiger partial charge in [-0.05, 0) is 19.3 Å². The molecule has 4 heteroatoms. The molecule has 0 aromatic rings. The van der Waals surface area contributed by atoms with Gasteiger partial charge in [0.2, 0.25) is 5.91 Å². The van der Waals surface area contributed by atoms with Crippen LogP contribution in [0.4, 0.5) is 0 Å². The molecule has 0 aromatic heterocycles. The third kappa shape index (κ3) is 7.68. The Kier molecular flexibility index (Phi) is 7.88. The van der Waals surface area contributed by atoms with Crippen molar-refractivity contribution in [3.63, 3.8) is 0 Å². The second-order valence-corrected chi connectivity index (χ2v) is 6.03. The number of carbonyl (C=O) groups excluding carboxylic acids is 1. The molecule has 0 rings (SSSR count). The number of hydrogen-bond acceptors (Lipinski definition) is 3. The van der Waals surface area contributed by atoms with Crippen LogP contribution in [0.5, 0.6) is 0 Å². The Bertz CT molecular complexity index is 185. The molecule has 0 saturated heterocycles. The smallest absolute Gasteiger partial charge is 0.232 e. The fourth-order valence-electron chi connectivity index (χ4n) is 1.08. The molecule has 3 nitrogen and oxygen atoms in total. The van der Waals surface area contributed by atoms with E-state index in [9.17, 15) is 4.79 Å². The molecule has 0 aromatic carbocycles. The minimum absolute atomic E-state index is 0.0703. The summed E-state index contributed by atoms with van der Waals surface area (Å²) in [6, 6.07) is 0. The Morgan fingerprint density at radius 3 is 2.40 bits per heavy atom. The first-order chi connectivity index (χ1) is 6.97. The molecule has 2 unspecified atom stereocenters. The summed E-state index contributed by atoms with van der Waals surface area (Å²) in [5.41, 5.74) is 0. The van der Waals surface area contributed by atoms with E-state index in [0.29, 0.717) is 5.92 Å². The quantitative estimate of drug-likeness (QED) is 0.703. The second kappa shape index (κ2) is 7.99. The Labute approximate surface area is 97.0 Å². The van der Waals surface area contributed by atoms with Gasteiger partial charge in [0.25, 0.3) is 0 Å². The summed E-state index contributed by atoms with van der Waals surface area (Å²) in [6.45, 7) is 8.93. The maximum atomic E-state index is 11.6. The van der Waals surface area contributed by atoms with Crippen LogP contribution in [0.3, 0.4) is 0 Å². The van der Waals surface area contributed by atoms with E-state index < -0.39 is 0 Å². The van der Waals surface area contributed by atoms with Gasteiger partial charge < -0.3 is 10.4 Å². The Morgan fingerprint density at radius 2 is 1.93 bits per heavy atom. The highest BCUT2D eigenvalue weighted by Crippen LogP contribution is 2.16. The monoisotopic (exact) mass is 233 g/mol. The minimum atomic E-state index is -0.0840. The molecular weight excluding hydrogens is 210 g/mol. The third-order valence-electron chi connectivity index (χ3n) is 2.08. The number of nitrogens with one attached hydrogen (secondary N) is 1. The van der Waals surface area contributed by atoms with Gasteiger partial charge in [0, 0.05) is 11.8 Å². The molecule has 2 N–H and O–H groups in total.